The van der Waals surface area contributed by atoms with Crippen molar-refractivity contribution in [3.8, 4) is 5.75 Å². The van der Waals surface area contributed by atoms with Crippen molar-refractivity contribution < 1.29 is 9.53 Å². The van der Waals surface area contributed by atoms with Crippen molar-refractivity contribution in [1.82, 2.24) is 4.90 Å². The predicted molar refractivity (Wildman–Crippen MR) is 99.2 cm³/mol. The fraction of sp³-hybridized carbons (Fsp3) is 0.250. The van der Waals surface area contributed by atoms with Crippen LogP contribution < -0.4 is 4.74 Å². The summed E-state index contributed by atoms with van der Waals surface area (Å²) in [5.74, 6) is 0.660. The van der Waals surface area contributed by atoms with E-state index in [9.17, 15) is 4.79 Å². The molecule has 0 unspecified atom stereocenters. The normalized spacial score (nSPS) is 14.5. The van der Waals surface area contributed by atoms with Crippen molar-refractivity contribution in [2.75, 3.05) is 13.1 Å². The number of halogens is 1. The molecule has 1 saturated heterocycles. The number of para-hydroxylation sites is 1. The molecule has 3 nitrogen and oxygen atoms in total. The van der Waals surface area contributed by atoms with Crippen LogP contribution >= 0.6 is 15.9 Å². The van der Waals surface area contributed by atoms with Crippen LogP contribution in [0.25, 0.3) is 0 Å². The monoisotopic (exact) mass is 385 g/mol. The Labute approximate surface area is 151 Å². The molecular formula is C20H20BrNO2. The summed E-state index contributed by atoms with van der Waals surface area (Å²) >= 11 is 3.52. The van der Waals surface area contributed by atoms with Crippen LogP contribution in [0.15, 0.2) is 65.2 Å². The van der Waals surface area contributed by atoms with Crippen molar-refractivity contribution in [3.05, 3.63) is 76.3 Å². The van der Waals surface area contributed by atoms with Gasteiger partial charge in [0.15, 0.2) is 0 Å². The van der Waals surface area contributed by atoms with Crippen LogP contribution in [-0.2, 0) is 6.61 Å². The number of hydrogen-bond acceptors (Lipinski definition) is 2. The molecule has 0 aliphatic carbocycles. The SMILES string of the molecule is C=C1CCN(C(=O)c2ccccc2OCc2ccccc2Br)CC1. The Bertz CT molecular complexity index is 747. The molecule has 4 heteroatoms. The molecule has 0 bridgehead atoms. The lowest BCUT2D eigenvalue weighted by atomic mass is 10.0. The average molecular weight is 386 g/mol. The second-order valence-corrected chi connectivity index (χ2v) is 6.77. The van der Waals surface area contributed by atoms with E-state index in [1.807, 2.05) is 53.4 Å². The van der Waals surface area contributed by atoms with Crippen LogP contribution in [0.2, 0.25) is 0 Å². The topological polar surface area (TPSA) is 29.5 Å². The first-order valence-corrected chi connectivity index (χ1v) is 8.85. The van der Waals surface area contributed by atoms with Crippen LogP contribution in [-0.4, -0.2) is 23.9 Å². The number of likely N-dealkylation sites (tertiary alicyclic amines) is 1. The summed E-state index contributed by atoms with van der Waals surface area (Å²) in [6.07, 6.45) is 1.76. The van der Waals surface area contributed by atoms with Crippen molar-refractivity contribution >= 4 is 21.8 Å². The van der Waals surface area contributed by atoms with Crippen LogP contribution in [0.1, 0.15) is 28.8 Å². The highest BCUT2D eigenvalue weighted by molar-refractivity contribution is 9.10. The standard InChI is InChI=1S/C20H20BrNO2/c1-15-10-12-22(13-11-15)20(23)17-7-3-5-9-19(17)24-14-16-6-2-4-8-18(16)21/h2-9H,1,10-14H2. The van der Waals surface area contributed by atoms with E-state index >= 15 is 0 Å². The lowest BCUT2D eigenvalue weighted by molar-refractivity contribution is 0.0739. The quantitative estimate of drug-likeness (QED) is 0.705. The number of ether oxygens (including phenoxy) is 1. The molecule has 0 saturated carbocycles. The minimum absolute atomic E-state index is 0.0326. The van der Waals surface area contributed by atoms with Crippen molar-refractivity contribution in [2.24, 2.45) is 0 Å². The van der Waals surface area contributed by atoms with E-state index in [-0.39, 0.29) is 5.91 Å². The van der Waals surface area contributed by atoms with Gasteiger partial charge in [0.1, 0.15) is 12.4 Å². The van der Waals surface area contributed by atoms with Gasteiger partial charge < -0.3 is 9.64 Å². The molecule has 0 radical (unpaired) electrons. The molecule has 24 heavy (non-hydrogen) atoms. The van der Waals surface area contributed by atoms with Crippen LogP contribution in [0, 0.1) is 0 Å². The molecule has 0 aromatic heterocycles. The molecule has 1 heterocycles. The minimum Gasteiger partial charge on any atom is -0.488 e. The van der Waals surface area contributed by atoms with Gasteiger partial charge in [-0.05, 0) is 31.0 Å². The van der Waals surface area contributed by atoms with Gasteiger partial charge in [-0.2, -0.15) is 0 Å². The van der Waals surface area contributed by atoms with Gasteiger partial charge in [0.2, 0.25) is 0 Å². The summed E-state index contributed by atoms with van der Waals surface area (Å²) in [5.41, 5.74) is 2.89. The Morgan fingerprint density at radius 3 is 2.50 bits per heavy atom. The van der Waals surface area contributed by atoms with E-state index in [1.54, 1.807) is 0 Å². The third-order valence-corrected chi connectivity index (χ3v) is 4.99. The first-order chi connectivity index (χ1) is 11.6. The first kappa shape index (κ1) is 16.8. The maximum atomic E-state index is 12.8. The number of rotatable bonds is 4. The van der Waals surface area contributed by atoms with Gasteiger partial charge >= 0.3 is 0 Å². The predicted octanol–water partition coefficient (Wildman–Crippen LogP) is 4.82. The van der Waals surface area contributed by atoms with Gasteiger partial charge in [-0.15, -0.1) is 0 Å². The highest BCUT2D eigenvalue weighted by Gasteiger charge is 2.22. The molecule has 2 aromatic carbocycles. The molecule has 124 valence electrons. The van der Waals surface area contributed by atoms with Gasteiger partial charge in [-0.3, -0.25) is 4.79 Å². The van der Waals surface area contributed by atoms with E-state index in [1.165, 1.54) is 5.57 Å². The average Bonchev–Trinajstić information content (AvgIpc) is 2.61. The second kappa shape index (κ2) is 7.67. The Balaban J connectivity index is 1.74. The Hall–Kier alpha value is -2.07. The number of piperidine rings is 1. The van der Waals surface area contributed by atoms with E-state index in [2.05, 4.69) is 22.5 Å². The number of carbonyl (C=O) groups excluding carboxylic acids is 1. The Morgan fingerprint density at radius 2 is 1.75 bits per heavy atom. The zero-order chi connectivity index (χ0) is 16.9. The zero-order valence-electron chi connectivity index (χ0n) is 13.5. The highest BCUT2D eigenvalue weighted by atomic mass is 79.9. The first-order valence-electron chi connectivity index (χ1n) is 8.06. The van der Waals surface area contributed by atoms with Gasteiger partial charge in [0.25, 0.3) is 5.91 Å². The Kier molecular flexibility index (Phi) is 5.36. The maximum Gasteiger partial charge on any atom is 0.257 e. The molecule has 1 aliphatic heterocycles. The molecule has 1 aliphatic rings. The van der Waals surface area contributed by atoms with Gasteiger partial charge in [-0.25, -0.2) is 0 Å². The van der Waals surface area contributed by atoms with E-state index < -0.39 is 0 Å². The molecule has 0 atom stereocenters. The largest absolute Gasteiger partial charge is 0.488 e. The summed E-state index contributed by atoms with van der Waals surface area (Å²) < 4.78 is 6.95. The molecular weight excluding hydrogens is 366 g/mol. The third-order valence-electron chi connectivity index (χ3n) is 4.22. The second-order valence-electron chi connectivity index (χ2n) is 5.92. The maximum absolute atomic E-state index is 12.8. The minimum atomic E-state index is 0.0326. The van der Waals surface area contributed by atoms with Crippen LogP contribution in [0.3, 0.4) is 0 Å². The number of amides is 1. The summed E-state index contributed by atoms with van der Waals surface area (Å²) in [5, 5.41) is 0. The summed E-state index contributed by atoms with van der Waals surface area (Å²) in [4.78, 5) is 14.7. The summed E-state index contributed by atoms with van der Waals surface area (Å²) in [6, 6.07) is 15.4. The van der Waals surface area contributed by atoms with Crippen molar-refractivity contribution in [2.45, 2.75) is 19.4 Å². The molecule has 3 rings (SSSR count). The van der Waals surface area contributed by atoms with Crippen LogP contribution in [0.5, 0.6) is 5.75 Å². The lowest BCUT2D eigenvalue weighted by Gasteiger charge is -2.28. The van der Waals surface area contributed by atoms with Gasteiger partial charge in [0.05, 0.1) is 5.56 Å². The zero-order valence-corrected chi connectivity index (χ0v) is 15.1. The van der Waals surface area contributed by atoms with E-state index in [0.29, 0.717) is 17.9 Å². The smallest absolute Gasteiger partial charge is 0.257 e. The molecule has 2 aromatic rings. The third kappa shape index (κ3) is 3.88. The molecule has 0 N–H and O–H groups in total. The highest BCUT2D eigenvalue weighted by Crippen LogP contribution is 2.25. The van der Waals surface area contributed by atoms with Gasteiger partial charge in [0, 0.05) is 23.1 Å². The number of hydrogen-bond donors (Lipinski definition) is 0. The van der Waals surface area contributed by atoms with Crippen LogP contribution in [0.4, 0.5) is 0 Å². The van der Waals surface area contributed by atoms with Crippen molar-refractivity contribution in [3.63, 3.8) is 0 Å². The van der Waals surface area contributed by atoms with E-state index in [0.717, 1.165) is 36.0 Å². The van der Waals surface area contributed by atoms with Crippen molar-refractivity contribution in [1.29, 1.82) is 0 Å². The van der Waals surface area contributed by atoms with E-state index in [4.69, 9.17) is 4.74 Å². The summed E-state index contributed by atoms with van der Waals surface area (Å²) in [7, 11) is 0. The number of benzene rings is 2. The molecule has 1 amide bonds. The van der Waals surface area contributed by atoms with Gasteiger partial charge in [-0.1, -0.05) is 58.4 Å². The number of carbonyl (C=O) groups is 1. The Morgan fingerprint density at radius 1 is 1.08 bits per heavy atom. The molecule has 1 fully saturated rings. The fourth-order valence-electron chi connectivity index (χ4n) is 2.74. The summed E-state index contributed by atoms with van der Waals surface area (Å²) in [6.45, 7) is 5.89. The number of nitrogens with zero attached hydrogens (tertiary/aromatic N) is 1. The lowest BCUT2D eigenvalue weighted by Crippen LogP contribution is -2.36. The fourth-order valence-corrected chi connectivity index (χ4v) is 3.14. The molecule has 0 spiro atoms.